The molecule has 2 fully saturated rings. The van der Waals surface area contributed by atoms with Crippen LogP contribution >= 0.6 is 11.8 Å². The number of carbonyl (C=O) groups is 1. The summed E-state index contributed by atoms with van der Waals surface area (Å²) < 4.78 is 18.1. The molecule has 1 aromatic carbocycles. The second-order valence-corrected chi connectivity index (χ2v) is 8.46. The highest BCUT2D eigenvalue weighted by molar-refractivity contribution is 7.99. The van der Waals surface area contributed by atoms with Gasteiger partial charge in [-0.1, -0.05) is 11.8 Å². The number of thioether (sulfide) groups is 1. The number of methoxy groups -OCH3 is 1. The molecule has 0 saturated carbocycles. The average molecular weight is 419 g/mol. The lowest BCUT2D eigenvalue weighted by molar-refractivity contribution is 0.0315. The highest BCUT2D eigenvalue weighted by atomic mass is 32.2. The van der Waals surface area contributed by atoms with Gasteiger partial charge in [-0.05, 0) is 50.3 Å². The number of hydrogen-bond acceptors (Lipinski definition) is 7. The fourth-order valence-electron chi connectivity index (χ4n) is 3.81. The number of rotatable bonds is 6. The molecule has 3 heterocycles. The number of esters is 1. The van der Waals surface area contributed by atoms with E-state index in [1.165, 1.54) is 13.5 Å². The number of benzene rings is 1. The molecule has 0 amide bonds. The fraction of sp³-hybridized carbons (Fsp3) is 0.571. The van der Waals surface area contributed by atoms with Crippen LogP contribution in [0.5, 0.6) is 0 Å². The molecule has 2 atom stereocenters. The normalized spacial score (nSPS) is 22.1. The lowest BCUT2D eigenvalue weighted by atomic mass is 10.1. The van der Waals surface area contributed by atoms with Crippen molar-refractivity contribution < 1.29 is 19.0 Å². The first-order chi connectivity index (χ1) is 14.2. The van der Waals surface area contributed by atoms with Crippen LogP contribution in [0.1, 0.15) is 42.5 Å². The molecule has 2 aliphatic heterocycles. The van der Waals surface area contributed by atoms with Gasteiger partial charge < -0.3 is 14.2 Å². The summed E-state index contributed by atoms with van der Waals surface area (Å²) in [6.07, 6.45) is 5.48. The van der Waals surface area contributed by atoms with E-state index in [1.807, 2.05) is 0 Å². The van der Waals surface area contributed by atoms with Gasteiger partial charge >= 0.3 is 5.97 Å². The van der Waals surface area contributed by atoms with Crippen LogP contribution in [-0.2, 0) is 20.8 Å². The maximum atomic E-state index is 13.2. The first-order valence-electron chi connectivity index (χ1n) is 10.1. The molecule has 0 unspecified atom stereocenters. The van der Waals surface area contributed by atoms with Crippen LogP contribution in [0, 0.1) is 0 Å². The van der Waals surface area contributed by atoms with E-state index in [2.05, 4.69) is 0 Å². The number of ether oxygens (including phenoxy) is 3. The van der Waals surface area contributed by atoms with E-state index in [1.54, 1.807) is 34.5 Å². The van der Waals surface area contributed by atoms with E-state index in [0.29, 0.717) is 28.2 Å². The van der Waals surface area contributed by atoms with E-state index in [9.17, 15) is 9.59 Å². The number of nitrogens with zero attached hydrogens (tertiary/aromatic N) is 2. The Morgan fingerprint density at radius 2 is 2.00 bits per heavy atom. The van der Waals surface area contributed by atoms with Crippen molar-refractivity contribution in [2.45, 2.75) is 56.0 Å². The molecule has 7 nitrogen and oxygen atoms in total. The minimum Gasteiger partial charge on any atom is -0.465 e. The predicted molar refractivity (Wildman–Crippen MR) is 111 cm³/mol. The predicted octanol–water partition coefficient (Wildman–Crippen LogP) is 3.02. The highest BCUT2D eigenvalue weighted by Gasteiger charge is 2.22. The lowest BCUT2D eigenvalue weighted by Crippen LogP contribution is -2.29. The molecule has 2 aliphatic rings. The third-order valence-corrected chi connectivity index (χ3v) is 6.53. The fourth-order valence-corrected chi connectivity index (χ4v) is 4.89. The number of aromatic nitrogens is 2. The zero-order valence-corrected chi connectivity index (χ0v) is 17.4. The summed E-state index contributed by atoms with van der Waals surface area (Å²) in [6, 6.07) is 4.89. The molecular formula is C21H26N2O5S. The lowest BCUT2D eigenvalue weighted by Gasteiger charge is -2.23. The summed E-state index contributed by atoms with van der Waals surface area (Å²) in [6.45, 7) is 2.03. The van der Waals surface area contributed by atoms with E-state index in [4.69, 9.17) is 19.2 Å². The molecular weight excluding hydrogens is 392 g/mol. The van der Waals surface area contributed by atoms with E-state index >= 15 is 0 Å². The number of hydrogen-bond donors (Lipinski definition) is 0. The van der Waals surface area contributed by atoms with Crippen LogP contribution in [0.2, 0.25) is 0 Å². The second-order valence-electron chi connectivity index (χ2n) is 7.47. The minimum atomic E-state index is -0.443. The van der Waals surface area contributed by atoms with Gasteiger partial charge in [0.1, 0.15) is 0 Å². The smallest absolute Gasteiger partial charge is 0.337 e. The van der Waals surface area contributed by atoms with E-state index in [0.717, 1.165) is 44.6 Å². The van der Waals surface area contributed by atoms with E-state index < -0.39 is 5.97 Å². The third kappa shape index (κ3) is 4.65. The Labute approximate surface area is 173 Å². The zero-order valence-electron chi connectivity index (χ0n) is 16.6. The Bertz CT molecular complexity index is 933. The molecule has 0 radical (unpaired) electrons. The van der Waals surface area contributed by atoms with Crippen LogP contribution in [0.4, 0.5) is 0 Å². The highest BCUT2D eigenvalue weighted by Crippen LogP contribution is 2.25. The molecule has 8 heteroatoms. The van der Waals surface area contributed by atoms with E-state index in [-0.39, 0.29) is 17.8 Å². The second kappa shape index (κ2) is 9.28. The largest absolute Gasteiger partial charge is 0.465 e. The Morgan fingerprint density at radius 1 is 1.21 bits per heavy atom. The van der Waals surface area contributed by atoms with Crippen LogP contribution in [0.3, 0.4) is 0 Å². The summed E-state index contributed by atoms with van der Waals surface area (Å²) in [7, 11) is 1.34. The van der Waals surface area contributed by atoms with Gasteiger partial charge in [0.05, 0.1) is 42.3 Å². The molecule has 4 rings (SSSR count). The minimum absolute atomic E-state index is 0.0339. The summed E-state index contributed by atoms with van der Waals surface area (Å²) in [4.78, 5) is 29.9. The maximum absolute atomic E-state index is 13.2. The first-order valence-corrected chi connectivity index (χ1v) is 11.1. The molecule has 29 heavy (non-hydrogen) atoms. The Kier molecular flexibility index (Phi) is 6.52. The van der Waals surface area contributed by atoms with Crippen molar-refractivity contribution in [3.63, 3.8) is 0 Å². The standard InChI is InChI=1S/C21H26N2O5S/c1-26-20(25)14-7-8-17-18(11-14)22-21(29-13-16-5-2-3-9-28-16)23(19(17)24)12-15-6-4-10-27-15/h7-8,11,15-16H,2-6,9-10,12-13H2,1H3/t15-,16-/m1/s1. The van der Waals surface area contributed by atoms with Crippen molar-refractivity contribution in [1.82, 2.24) is 9.55 Å². The van der Waals surface area contributed by atoms with Gasteiger partial charge in [-0.2, -0.15) is 0 Å². The van der Waals surface area contributed by atoms with Gasteiger partial charge in [0, 0.05) is 19.0 Å². The molecule has 0 spiro atoms. The van der Waals surface area contributed by atoms with Crippen molar-refractivity contribution in [3.05, 3.63) is 34.1 Å². The van der Waals surface area contributed by atoms with Crippen LogP contribution in [-0.4, -0.2) is 53.8 Å². The first kappa shape index (κ1) is 20.4. The molecule has 0 bridgehead atoms. The molecule has 156 valence electrons. The topological polar surface area (TPSA) is 79.7 Å². The maximum Gasteiger partial charge on any atom is 0.337 e. The zero-order chi connectivity index (χ0) is 20.2. The van der Waals surface area contributed by atoms with Crippen LogP contribution in [0.25, 0.3) is 10.9 Å². The molecule has 0 N–H and O–H groups in total. The molecule has 2 aromatic rings. The van der Waals surface area contributed by atoms with Crippen LogP contribution in [0.15, 0.2) is 28.2 Å². The third-order valence-electron chi connectivity index (χ3n) is 5.42. The van der Waals surface area contributed by atoms with Crippen molar-refractivity contribution in [3.8, 4) is 0 Å². The Balaban J connectivity index is 1.68. The van der Waals surface area contributed by atoms with Gasteiger partial charge in [-0.3, -0.25) is 9.36 Å². The van der Waals surface area contributed by atoms with Gasteiger partial charge in [-0.25, -0.2) is 9.78 Å². The monoisotopic (exact) mass is 418 g/mol. The number of fused-ring (bicyclic) bond motifs is 1. The van der Waals surface area contributed by atoms with Gasteiger partial charge in [0.25, 0.3) is 5.56 Å². The summed E-state index contributed by atoms with van der Waals surface area (Å²) in [5.74, 6) is 0.308. The molecule has 0 aliphatic carbocycles. The summed E-state index contributed by atoms with van der Waals surface area (Å²) in [5.41, 5.74) is 0.790. The van der Waals surface area contributed by atoms with Crippen molar-refractivity contribution in [1.29, 1.82) is 0 Å². The van der Waals surface area contributed by atoms with Gasteiger partial charge in [0.15, 0.2) is 5.16 Å². The summed E-state index contributed by atoms with van der Waals surface area (Å²) in [5, 5.41) is 1.14. The quantitative estimate of drug-likeness (QED) is 0.405. The summed E-state index contributed by atoms with van der Waals surface area (Å²) >= 11 is 1.54. The van der Waals surface area contributed by atoms with Gasteiger partial charge in [0.2, 0.25) is 0 Å². The van der Waals surface area contributed by atoms with Crippen molar-refractivity contribution >= 4 is 28.6 Å². The average Bonchev–Trinajstić information content (AvgIpc) is 3.27. The molecule has 2 saturated heterocycles. The van der Waals surface area contributed by atoms with Crippen LogP contribution < -0.4 is 5.56 Å². The SMILES string of the molecule is COC(=O)c1ccc2c(=O)n(C[C@H]3CCCO3)c(SC[C@H]3CCCCO3)nc2c1. The number of carbonyl (C=O) groups excluding carboxylic acids is 1. The van der Waals surface area contributed by atoms with Gasteiger partial charge in [-0.15, -0.1) is 0 Å². The molecule has 1 aromatic heterocycles. The van der Waals surface area contributed by atoms with Crippen molar-refractivity contribution in [2.75, 3.05) is 26.1 Å². The van der Waals surface area contributed by atoms with Crippen molar-refractivity contribution in [2.24, 2.45) is 0 Å². The Morgan fingerprint density at radius 3 is 2.72 bits per heavy atom. The Hall–Kier alpha value is -1.90.